The first-order valence-corrected chi connectivity index (χ1v) is 11.4. The Morgan fingerprint density at radius 2 is 1.80 bits per heavy atom. The van der Waals surface area contributed by atoms with Crippen molar-refractivity contribution in [3.8, 4) is 0 Å². The van der Waals surface area contributed by atoms with Crippen LogP contribution in [0.25, 0.3) is 10.9 Å². The Bertz CT molecular complexity index is 1310. The molecule has 8 nitrogen and oxygen atoms in total. The van der Waals surface area contributed by atoms with E-state index >= 15 is 0 Å². The van der Waals surface area contributed by atoms with E-state index in [9.17, 15) is 22.8 Å². The summed E-state index contributed by atoms with van der Waals surface area (Å²) in [6.07, 6.45) is 2.50. The lowest BCUT2D eigenvalue weighted by molar-refractivity contribution is -0.135. The second kappa shape index (κ2) is 8.41. The summed E-state index contributed by atoms with van der Waals surface area (Å²) in [5.74, 6) is -2.01. The molecule has 0 radical (unpaired) electrons. The number of carboxylic acid groups (broad SMARTS) is 1. The van der Waals surface area contributed by atoms with E-state index in [2.05, 4.69) is 21.2 Å². The van der Waals surface area contributed by atoms with E-state index in [0.717, 1.165) is 11.8 Å². The van der Waals surface area contributed by atoms with Crippen molar-refractivity contribution in [1.29, 1.82) is 0 Å². The molecule has 30 heavy (non-hydrogen) atoms. The zero-order chi connectivity index (χ0) is 22.1. The van der Waals surface area contributed by atoms with Crippen LogP contribution in [0.3, 0.4) is 0 Å². The van der Waals surface area contributed by atoms with Crippen molar-refractivity contribution in [3.05, 3.63) is 74.5 Å². The van der Waals surface area contributed by atoms with Crippen molar-refractivity contribution in [1.82, 2.24) is 9.88 Å². The average Bonchev–Trinajstić information content (AvgIpc) is 2.68. The average molecular weight is 493 g/mol. The first-order chi connectivity index (χ1) is 14.1. The van der Waals surface area contributed by atoms with Crippen LogP contribution in [0.1, 0.15) is 15.9 Å². The van der Waals surface area contributed by atoms with Gasteiger partial charge >= 0.3 is 5.97 Å². The molecule has 3 rings (SSSR count). The van der Waals surface area contributed by atoms with Gasteiger partial charge in [-0.05, 0) is 35.9 Å². The van der Waals surface area contributed by atoms with Gasteiger partial charge in [-0.15, -0.1) is 0 Å². The molecule has 0 saturated carbocycles. The maximum Gasteiger partial charge on any atom is 0.322 e. The topological polar surface area (TPSA) is 123 Å². The van der Waals surface area contributed by atoms with Gasteiger partial charge in [0.05, 0.1) is 10.4 Å². The number of amides is 1. The number of rotatable bonds is 6. The number of carbonyl (C=O) groups excluding carboxylic acids is 1. The van der Waals surface area contributed by atoms with Crippen molar-refractivity contribution in [2.45, 2.75) is 11.4 Å². The summed E-state index contributed by atoms with van der Waals surface area (Å²) >= 11 is 3.31. The summed E-state index contributed by atoms with van der Waals surface area (Å²) in [4.78, 5) is 36.1. The van der Waals surface area contributed by atoms with Gasteiger partial charge in [-0.3, -0.25) is 14.4 Å². The van der Waals surface area contributed by atoms with Crippen molar-refractivity contribution < 1.29 is 23.1 Å². The lowest BCUT2D eigenvalue weighted by atomic mass is 10.1. The molecule has 2 N–H and O–H groups in total. The van der Waals surface area contributed by atoms with Gasteiger partial charge in [0.15, 0.2) is 9.84 Å². The Balaban J connectivity index is 2.09. The summed E-state index contributed by atoms with van der Waals surface area (Å²) in [5, 5.41) is 11.3. The smallest absolute Gasteiger partial charge is 0.322 e. The minimum absolute atomic E-state index is 0.186. The van der Waals surface area contributed by atoms with Crippen LogP contribution in [0.4, 0.5) is 0 Å². The van der Waals surface area contributed by atoms with E-state index in [1.54, 1.807) is 34.9 Å². The summed E-state index contributed by atoms with van der Waals surface area (Å²) in [6.45, 7) is -0.344. The number of nitrogens with one attached hydrogen (secondary N) is 1. The van der Waals surface area contributed by atoms with E-state index in [0.29, 0.717) is 15.4 Å². The SMILES string of the molecule is CS(=O)(=O)c1ccc(Cn2cc(C(=O)NCC(=O)O)c(=O)c3cc(Br)ccc32)cc1. The Labute approximate surface area is 180 Å². The first kappa shape index (κ1) is 21.7. The Kier molecular flexibility index (Phi) is 6.09. The zero-order valence-corrected chi connectivity index (χ0v) is 18.2. The van der Waals surface area contributed by atoms with Crippen LogP contribution in [-0.4, -0.2) is 42.8 Å². The Hall–Kier alpha value is -2.98. The zero-order valence-electron chi connectivity index (χ0n) is 15.8. The number of carboxylic acids is 1. The van der Waals surface area contributed by atoms with Gasteiger partial charge in [-0.2, -0.15) is 0 Å². The predicted molar refractivity (Wildman–Crippen MR) is 115 cm³/mol. The molecule has 0 unspecified atom stereocenters. The number of aliphatic carboxylic acids is 1. The summed E-state index contributed by atoms with van der Waals surface area (Å²) in [7, 11) is -3.32. The van der Waals surface area contributed by atoms with Gasteiger partial charge in [0.1, 0.15) is 12.1 Å². The van der Waals surface area contributed by atoms with Crippen LogP contribution in [-0.2, 0) is 21.2 Å². The molecule has 0 fully saturated rings. The number of hydrogen-bond acceptors (Lipinski definition) is 5. The number of nitrogens with zero attached hydrogens (tertiary/aromatic N) is 1. The van der Waals surface area contributed by atoms with E-state index < -0.39 is 33.7 Å². The minimum atomic E-state index is -3.32. The van der Waals surface area contributed by atoms with E-state index in [4.69, 9.17) is 5.11 Å². The fourth-order valence-corrected chi connectivity index (χ4v) is 3.94. The highest BCUT2D eigenvalue weighted by Gasteiger charge is 2.17. The number of halogens is 1. The molecule has 1 amide bonds. The van der Waals surface area contributed by atoms with Crippen LogP contribution < -0.4 is 10.7 Å². The molecule has 3 aromatic rings. The molecule has 2 aromatic carbocycles. The Morgan fingerprint density at radius 3 is 2.40 bits per heavy atom. The van der Waals surface area contributed by atoms with Crippen LogP contribution >= 0.6 is 15.9 Å². The highest BCUT2D eigenvalue weighted by atomic mass is 79.9. The molecule has 0 saturated heterocycles. The quantitative estimate of drug-likeness (QED) is 0.542. The third-order valence-corrected chi connectivity index (χ3v) is 6.01. The third kappa shape index (κ3) is 4.77. The molecule has 10 heteroatoms. The van der Waals surface area contributed by atoms with Crippen LogP contribution in [0.15, 0.2) is 62.8 Å². The second-order valence-corrected chi connectivity index (χ2v) is 9.59. The number of pyridine rings is 1. The fourth-order valence-electron chi connectivity index (χ4n) is 2.95. The number of aromatic nitrogens is 1. The molecular weight excluding hydrogens is 476 g/mol. The van der Waals surface area contributed by atoms with Gasteiger partial charge in [0, 0.05) is 28.9 Å². The molecule has 0 atom stereocenters. The van der Waals surface area contributed by atoms with Crippen molar-refractivity contribution >= 4 is 48.5 Å². The normalized spacial score (nSPS) is 11.4. The Morgan fingerprint density at radius 1 is 1.13 bits per heavy atom. The highest BCUT2D eigenvalue weighted by Crippen LogP contribution is 2.20. The highest BCUT2D eigenvalue weighted by molar-refractivity contribution is 9.10. The van der Waals surface area contributed by atoms with Crippen molar-refractivity contribution in [3.63, 3.8) is 0 Å². The lowest BCUT2D eigenvalue weighted by Gasteiger charge is -2.14. The second-order valence-electron chi connectivity index (χ2n) is 6.65. The molecule has 0 bridgehead atoms. The predicted octanol–water partition coefficient (Wildman–Crippen LogP) is 2.03. The maximum atomic E-state index is 12.8. The molecule has 0 aliphatic carbocycles. The standard InChI is InChI=1S/C20H17BrN2O6S/c1-30(28,29)14-5-2-12(3-6-14)10-23-11-16(20(27)22-9-18(24)25)19(26)15-8-13(21)4-7-17(15)23/h2-8,11H,9-10H2,1H3,(H,22,27)(H,24,25). The van der Waals surface area contributed by atoms with Gasteiger partial charge in [-0.1, -0.05) is 28.1 Å². The first-order valence-electron chi connectivity index (χ1n) is 8.68. The van der Waals surface area contributed by atoms with Crippen LogP contribution in [0.2, 0.25) is 0 Å². The summed E-state index contributed by atoms with van der Waals surface area (Å²) in [6, 6.07) is 11.4. The molecule has 1 aromatic heterocycles. The van der Waals surface area contributed by atoms with Gasteiger partial charge < -0.3 is 15.0 Å². The minimum Gasteiger partial charge on any atom is -0.480 e. The van der Waals surface area contributed by atoms with E-state index in [-0.39, 0.29) is 17.0 Å². The number of carbonyl (C=O) groups is 2. The molecule has 0 aliphatic rings. The van der Waals surface area contributed by atoms with Crippen molar-refractivity contribution in [2.24, 2.45) is 0 Å². The fraction of sp³-hybridized carbons (Fsp3) is 0.150. The van der Waals surface area contributed by atoms with Gasteiger partial charge in [0.2, 0.25) is 5.43 Å². The largest absolute Gasteiger partial charge is 0.480 e. The number of sulfone groups is 1. The van der Waals surface area contributed by atoms with E-state index in [1.165, 1.54) is 18.3 Å². The van der Waals surface area contributed by atoms with Crippen LogP contribution in [0, 0.1) is 0 Å². The number of fused-ring (bicyclic) bond motifs is 1. The lowest BCUT2D eigenvalue weighted by Crippen LogP contribution is -2.33. The molecule has 0 aliphatic heterocycles. The molecular formula is C20H17BrN2O6S. The van der Waals surface area contributed by atoms with E-state index in [1.807, 2.05) is 0 Å². The molecule has 156 valence electrons. The molecule has 1 heterocycles. The summed E-state index contributed by atoms with van der Waals surface area (Å²) in [5.41, 5.74) is 0.629. The maximum absolute atomic E-state index is 12.8. The van der Waals surface area contributed by atoms with Crippen molar-refractivity contribution in [2.75, 3.05) is 12.8 Å². The number of benzene rings is 2. The summed E-state index contributed by atoms with van der Waals surface area (Å²) < 4.78 is 25.6. The van der Waals surface area contributed by atoms with Crippen LogP contribution in [0.5, 0.6) is 0 Å². The molecule has 0 spiro atoms. The monoisotopic (exact) mass is 492 g/mol. The van der Waals surface area contributed by atoms with Gasteiger partial charge in [0.25, 0.3) is 5.91 Å². The van der Waals surface area contributed by atoms with Gasteiger partial charge in [-0.25, -0.2) is 8.42 Å². The third-order valence-electron chi connectivity index (χ3n) is 4.39. The number of hydrogen-bond donors (Lipinski definition) is 2.